The van der Waals surface area contributed by atoms with E-state index < -0.39 is 0 Å². The van der Waals surface area contributed by atoms with Crippen molar-refractivity contribution in [3.05, 3.63) is 28.9 Å². The second kappa shape index (κ2) is 3.47. The van der Waals surface area contributed by atoms with Gasteiger partial charge in [-0.25, -0.2) is 0 Å². The molecule has 0 amide bonds. The SMILES string of the molecule is NCC1(c2cccc3n[nH]c(Cl)c23)CCC1. The van der Waals surface area contributed by atoms with Gasteiger partial charge in [-0.3, -0.25) is 5.10 Å². The van der Waals surface area contributed by atoms with E-state index in [1.165, 1.54) is 12.0 Å². The Hall–Kier alpha value is -1.06. The van der Waals surface area contributed by atoms with Crippen molar-refractivity contribution >= 4 is 22.5 Å². The number of aromatic amines is 1. The Bertz CT molecular complexity index is 523. The minimum atomic E-state index is 0.132. The summed E-state index contributed by atoms with van der Waals surface area (Å²) in [5.74, 6) is 0. The average molecular weight is 236 g/mol. The smallest absolute Gasteiger partial charge is 0.132 e. The number of halogens is 1. The highest BCUT2D eigenvalue weighted by Crippen LogP contribution is 2.46. The van der Waals surface area contributed by atoms with E-state index in [2.05, 4.69) is 16.3 Å². The highest BCUT2D eigenvalue weighted by molar-refractivity contribution is 6.34. The third kappa shape index (κ3) is 1.22. The second-order valence-corrected chi connectivity index (χ2v) is 4.95. The number of fused-ring (bicyclic) bond motifs is 1. The van der Waals surface area contributed by atoms with Crippen molar-refractivity contribution in [1.82, 2.24) is 10.2 Å². The molecule has 1 aromatic heterocycles. The fourth-order valence-electron chi connectivity index (χ4n) is 2.66. The predicted octanol–water partition coefficient (Wildman–Crippen LogP) is 2.60. The number of nitrogens with zero attached hydrogens (tertiary/aromatic N) is 1. The first-order valence-corrected chi connectivity index (χ1v) is 5.98. The van der Waals surface area contributed by atoms with Gasteiger partial charge in [-0.15, -0.1) is 0 Å². The van der Waals surface area contributed by atoms with Crippen LogP contribution in [0.5, 0.6) is 0 Å². The maximum Gasteiger partial charge on any atom is 0.132 e. The van der Waals surface area contributed by atoms with Crippen LogP contribution in [0.25, 0.3) is 10.9 Å². The van der Waals surface area contributed by atoms with Crippen molar-refractivity contribution < 1.29 is 0 Å². The minimum absolute atomic E-state index is 0.132. The zero-order valence-electron chi connectivity index (χ0n) is 8.96. The minimum Gasteiger partial charge on any atom is -0.330 e. The van der Waals surface area contributed by atoms with E-state index >= 15 is 0 Å². The Labute approximate surface area is 99.0 Å². The van der Waals surface area contributed by atoms with Crippen LogP contribution in [-0.2, 0) is 5.41 Å². The van der Waals surface area contributed by atoms with Crippen LogP contribution < -0.4 is 5.73 Å². The fraction of sp³-hybridized carbons (Fsp3) is 0.417. The van der Waals surface area contributed by atoms with Crippen LogP contribution in [0.2, 0.25) is 5.15 Å². The normalized spacial score (nSPS) is 18.6. The summed E-state index contributed by atoms with van der Waals surface area (Å²) in [6.07, 6.45) is 3.57. The van der Waals surface area contributed by atoms with Gasteiger partial charge in [0.25, 0.3) is 0 Å². The van der Waals surface area contributed by atoms with E-state index in [0.717, 1.165) is 23.7 Å². The summed E-state index contributed by atoms with van der Waals surface area (Å²) in [6.45, 7) is 0.688. The fourth-order valence-corrected chi connectivity index (χ4v) is 2.90. The first-order valence-electron chi connectivity index (χ1n) is 5.60. The molecule has 1 aromatic carbocycles. The number of rotatable bonds is 2. The molecule has 0 atom stereocenters. The van der Waals surface area contributed by atoms with Gasteiger partial charge in [0.05, 0.1) is 5.52 Å². The van der Waals surface area contributed by atoms with Crippen LogP contribution in [0.1, 0.15) is 24.8 Å². The van der Waals surface area contributed by atoms with Crippen molar-refractivity contribution in [1.29, 1.82) is 0 Å². The number of hydrogen-bond acceptors (Lipinski definition) is 2. The quantitative estimate of drug-likeness (QED) is 0.841. The van der Waals surface area contributed by atoms with Gasteiger partial charge >= 0.3 is 0 Å². The summed E-state index contributed by atoms with van der Waals surface area (Å²) < 4.78 is 0. The molecule has 3 nitrogen and oxygen atoms in total. The Morgan fingerprint density at radius 3 is 2.88 bits per heavy atom. The van der Waals surface area contributed by atoms with E-state index in [1.807, 2.05) is 12.1 Å². The summed E-state index contributed by atoms with van der Waals surface area (Å²) in [5, 5.41) is 8.70. The first kappa shape index (κ1) is 10.1. The van der Waals surface area contributed by atoms with E-state index in [9.17, 15) is 0 Å². The Balaban J connectivity index is 2.26. The molecular weight excluding hydrogens is 222 g/mol. The lowest BCUT2D eigenvalue weighted by Gasteiger charge is -2.41. The Morgan fingerprint density at radius 2 is 2.25 bits per heavy atom. The van der Waals surface area contributed by atoms with Crippen LogP contribution >= 0.6 is 11.6 Å². The van der Waals surface area contributed by atoms with Crippen LogP contribution in [0.3, 0.4) is 0 Å². The van der Waals surface area contributed by atoms with Gasteiger partial charge < -0.3 is 5.73 Å². The van der Waals surface area contributed by atoms with E-state index in [-0.39, 0.29) is 5.41 Å². The zero-order chi connectivity index (χ0) is 11.2. The lowest BCUT2D eigenvalue weighted by molar-refractivity contribution is 0.255. The van der Waals surface area contributed by atoms with Crippen LogP contribution in [0, 0.1) is 0 Å². The Kier molecular flexibility index (Phi) is 2.19. The van der Waals surface area contributed by atoms with Crippen molar-refractivity contribution in [2.45, 2.75) is 24.7 Å². The van der Waals surface area contributed by atoms with Crippen molar-refractivity contribution in [2.75, 3.05) is 6.54 Å². The van der Waals surface area contributed by atoms with Crippen molar-refractivity contribution in [3.63, 3.8) is 0 Å². The van der Waals surface area contributed by atoms with Crippen LogP contribution in [0.4, 0.5) is 0 Å². The highest BCUT2D eigenvalue weighted by Gasteiger charge is 2.39. The molecule has 0 saturated heterocycles. The lowest BCUT2D eigenvalue weighted by Crippen LogP contribution is -2.41. The molecule has 1 aliphatic carbocycles. The number of hydrogen-bond donors (Lipinski definition) is 2. The van der Waals surface area contributed by atoms with Gasteiger partial charge in [0.15, 0.2) is 0 Å². The second-order valence-electron chi connectivity index (χ2n) is 4.58. The number of H-pyrrole nitrogens is 1. The summed E-state index contributed by atoms with van der Waals surface area (Å²) >= 11 is 6.16. The molecule has 1 saturated carbocycles. The Morgan fingerprint density at radius 1 is 1.44 bits per heavy atom. The number of aromatic nitrogens is 2. The van der Waals surface area contributed by atoms with E-state index in [4.69, 9.17) is 17.3 Å². The van der Waals surface area contributed by atoms with Crippen molar-refractivity contribution in [2.24, 2.45) is 5.73 Å². The predicted molar refractivity (Wildman–Crippen MR) is 65.7 cm³/mol. The molecule has 16 heavy (non-hydrogen) atoms. The summed E-state index contributed by atoms with van der Waals surface area (Å²) in [6, 6.07) is 6.14. The van der Waals surface area contributed by atoms with Gasteiger partial charge in [-0.2, -0.15) is 5.10 Å². The monoisotopic (exact) mass is 235 g/mol. The van der Waals surface area contributed by atoms with Crippen molar-refractivity contribution in [3.8, 4) is 0 Å². The summed E-state index contributed by atoms with van der Waals surface area (Å²) in [4.78, 5) is 0. The molecule has 2 aromatic rings. The van der Waals surface area contributed by atoms with Crippen LogP contribution in [0.15, 0.2) is 18.2 Å². The molecule has 1 aliphatic rings. The molecule has 0 aliphatic heterocycles. The maximum atomic E-state index is 6.16. The lowest BCUT2D eigenvalue weighted by atomic mass is 9.64. The molecule has 84 valence electrons. The summed E-state index contributed by atoms with van der Waals surface area (Å²) in [7, 11) is 0. The zero-order valence-corrected chi connectivity index (χ0v) is 9.72. The molecule has 3 N–H and O–H groups in total. The van der Waals surface area contributed by atoms with Gasteiger partial charge in [0.1, 0.15) is 5.15 Å². The molecule has 0 spiro atoms. The topological polar surface area (TPSA) is 54.7 Å². The standard InChI is InChI=1S/C12H14ClN3/c13-11-10-8(12(7-14)5-2-6-12)3-1-4-9(10)15-16-11/h1,3-4H,2,5-7,14H2,(H,15,16). The third-order valence-corrected chi connectivity index (χ3v) is 4.08. The van der Waals surface area contributed by atoms with Crippen LogP contribution in [-0.4, -0.2) is 16.7 Å². The van der Waals surface area contributed by atoms with Gasteiger partial charge in [0, 0.05) is 17.3 Å². The number of nitrogens with two attached hydrogens (primary N) is 1. The molecule has 0 bridgehead atoms. The maximum absolute atomic E-state index is 6.16. The van der Waals surface area contributed by atoms with Gasteiger partial charge in [-0.05, 0) is 24.5 Å². The van der Waals surface area contributed by atoms with Gasteiger partial charge in [0.2, 0.25) is 0 Å². The molecule has 1 heterocycles. The third-order valence-electron chi connectivity index (χ3n) is 3.81. The summed E-state index contributed by atoms with van der Waals surface area (Å²) in [5.41, 5.74) is 8.26. The number of nitrogens with one attached hydrogen (secondary N) is 1. The first-order chi connectivity index (χ1) is 7.77. The van der Waals surface area contributed by atoms with Gasteiger partial charge in [-0.1, -0.05) is 30.2 Å². The molecule has 1 fully saturated rings. The molecular formula is C12H14ClN3. The molecule has 0 radical (unpaired) electrons. The van der Waals surface area contributed by atoms with E-state index in [0.29, 0.717) is 11.7 Å². The number of benzene rings is 1. The highest BCUT2D eigenvalue weighted by atomic mass is 35.5. The molecule has 4 heteroatoms. The molecule has 3 rings (SSSR count). The molecule has 0 unspecified atom stereocenters. The average Bonchev–Trinajstić information content (AvgIpc) is 2.61. The largest absolute Gasteiger partial charge is 0.330 e. The van der Waals surface area contributed by atoms with E-state index in [1.54, 1.807) is 0 Å².